The number of rotatable bonds is 5. The van der Waals surface area contributed by atoms with Crippen molar-refractivity contribution in [3.8, 4) is 5.75 Å². The van der Waals surface area contributed by atoms with E-state index >= 15 is 0 Å². The number of methoxy groups -OCH3 is 1. The molecule has 1 amide bonds. The molecule has 1 N–H and O–H groups in total. The summed E-state index contributed by atoms with van der Waals surface area (Å²) in [4.78, 5) is 27.8. The monoisotopic (exact) mass is 408 g/mol. The minimum Gasteiger partial charge on any atom is -0.482 e. The SMILES string of the molecule is COC(=O)CCC1=NC=C(c2ccc3c(c2)NC(=O)CO3)C(c2ccccc2)S1. The lowest BCUT2D eigenvalue weighted by Gasteiger charge is -2.26. The highest BCUT2D eigenvalue weighted by atomic mass is 32.2. The van der Waals surface area contributed by atoms with Crippen molar-refractivity contribution >= 4 is 39.9 Å². The third kappa shape index (κ3) is 4.35. The van der Waals surface area contributed by atoms with E-state index in [2.05, 4.69) is 22.4 Å². The number of fused-ring (bicyclic) bond motifs is 1. The van der Waals surface area contributed by atoms with Gasteiger partial charge in [-0.05, 0) is 28.8 Å². The van der Waals surface area contributed by atoms with E-state index in [1.54, 1.807) is 11.8 Å². The Kier molecular flexibility index (Phi) is 5.67. The average Bonchev–Trinajstić information content (AvgIpc) is 2.77. The number of aliphatic imine (C=N–C) groups is 1. The molecule has 2 aliphatic rings. The molecule has 2 heterocycles. The van der Waals surface area contributed by atoms with Crippen molar-refractivity contribution in [2.24, 2.45) is 4.99 Å². The first-order chi connectivity index (χ1) is 14.1. The maximum Gasteiger partial charge on any atom is 0.305 e. The van der Waals surface area contributed by atoms with Gasteiger partial charge in [-0.2, -0.15) is 0 Å². The maximum atomic E-state index is 11.7. The van der Waals surface area contributed by atoms with Gasteiger partial charge in [0.05, 0.1) is 29.5 Å². The van der Waals surface area contributed by atoms with Crippen LogP contribution in [0.4, 0.5) is 5.69 Å². The Labute approximate surface area is 173 Å². The van der Waals surface area contributed by atoms with Crippen molar-refractivity contribution in [3.05, 3.63) is 65.9 Å². The molecule has 0 saturated heterocycles. The number of nitrogens with one attached hydrogen (secondary N) is 1. The number of anilines is 1. The molecule has 0 fully saturated rings. The molecule has 148 valence electrons. The fraction of sp³-hybridized carbons (Fsp3) is 0.227. The second kappa shape index (κ2) is 8.53. The van der Waals surface area contributed by atoms with Crippen LogP contribution in [-0.2, 0) is 14.3 Å². The lowest BCUT2D eigenvalue weighted by Crippen LogP contribution is -2.25. The number of carbonyl (C=O) groups is 2. The molecule has 2 aromatic carbocycles. The molecule has 1 atom stereocenters. The predicted octanol–water partition coefficient (Wildman–Crippen LogP) is 4.20. The lowest BCUT2D eigenvalue weighted by atomic mass is 9.97. The molecule has 2 aliphatic heterocycles. The summed E-state index contributed by atoms with van der Waals surface area (Å²) in [6.45, 7) is 0.0331. The Morgan fingerprint density at radius 1 is 1.28 bits per heavy atom. The number of nitrogens with zero attached hydrogens (tertiary/aromatic N) is 1. The largest absolute Gasteiger partial charge is 0.482 e. The Bertz CT molecular complexity index is 1000. The number of esters is 1. The highest BCUT2D eigenvalue weighted by Gasteiger charge is 2.26. The van der Waals surface area contributed by atoms with E-state index in [4.69, 9.17) is 9.47 Å². The van der Waals surface area contributed by atoms with Gasteiger partial charge in [-0.3, -0.25) is 14.6 Å². The molecule has 0 aliphatic carbocycles. The molecule has 0 saturated carbocycles. The first kappa shape index (κ1) is 19.3. The normalized spacial score (nSPS) is 18.0. The summed E-state index contributed by atoms with van der Waals surface area (Å²) in [5.41, 5.74) is 3.81. The summed E-state index contributed by atoms with van der Waals surface area (Å²) in [6, 6.07) is 15.9. The third-order valence-electron chi connectivity index (χ3n) is 4.70. The number of carbonyl (C=O) groups excluding carboxylic acids is 2. The molecule has 0 spiro atoms. The molecule has 0 bridgehead atoms. The topological polar surface area (TPSA) is 77.0 Å². The summed E-state index contributed by atoms with van der Waals surface area (Å²) in [7, 11) is 1.39. The van der Waals surface area contributed by atoms with Gasteiger partial charge in [0, 0.05) is 12.6 Å². The van der Waals surface area contributed by atoms with Crippen molar-refractivity contribution < 1.29 is 19.1 Å². The summed E-state index contributed by atoms with van der Waals surface area (Å²) in [6.07, 6.45) is 2.70. The van der Waals surface area contributed by atoms with Gasteiger partial charge in [-0.15, -0.1) is 0 Å². The summed E-state index contributed by atoms with van der Waals surface area (Å²) >= 11 is 1.63. The van der Waals surface area contributed by atoms with Crippen molar-refractivity contribution in [2.45, 2.75) is 18.1 Å². The summed E-state index contributed by atoms with van der Waals surface area (Å²) in [5, 5.41) is 3.78. The Morgan fingerprint density at radius 2 is 2.10 bits per heavy atom. The molecule has 0 aromatic heterocycles. The number of benzene rings is 2. The first-order valence-corrected chi connectivity index (χ1v) is 10.1. The van der Waals surface area contributed by atoms with E-state index in [9.17, 15) is 9.59 Å². The highest BCUT2D eigenvalue weighted by molar-refractivity contribution is 8.14. The Morgan fingerprint density at radius 3 is 2.90 bits per heavy atom. The van der Waals surface area contributed by atoms with E-state index < -0.39 is 0 Å². The third-order valence-corrected chi connectivity index (χ3v) is 6.05. The van der Waals surface area contributed by atoms with E-state index in [-0.39, 0.29) is 23.7 Å². The fourth-order valence-electron chi connectivity index (χ4n) is 3.24. The van der Waals surface area contributed by atoms with Gasteiger partial charge in [0.15, 0.2) is 6.61 Å². The van der Waals surface area contributed by atoms with E-state index in [1.807, 2.05) is 42.6 Å². The van der Waals surface area contributed by atoms with Crippen LogP contribution in [0, 0.1) is 0 Å². The highest BCUT2D eigenvalue weighted by Crippen LogP contribution is 2.46. The average molecular weight is 408 g/mol. The van der Waals surface area contributed by atoms with Gasteiger partial charge in [-0.25, -0.2) is 0 Å². The molecule has 1 unspecified atom stereocenters. The van der Waals surface area contributed by atoms with E-state index in [0.717, 1.165) is 21.7 Å². The van der Waals surface area contributed by atoms with Crippen LogP contribution in [0.2, 0.25) is 0 Å². The van der Waals surface area contributed by atoms with Gasteiger partial charge in [0.2, 0.25) is 0 Å². The van der Waals surface area contributed by atoms with Crippen LogP contribution < -0.4 is 10.1 Å². The minimum atomic E-state index is -0.246. The number of ether oxygens (including phenoxy) is 2. The fourth-order valence-corrected chi connectivity index (χ4v) is 4.46. The van der Waals surface area contributed by atoms with Crippen LogP contribution in [0.5, 0.6) is 5.75 Å². The molecule has 7 heteroatoms. The minimum absolute atomic E-state index is 0.0274. The second-order valence-corrected chi connectivity index (χ2v) is 7.82. The van der Waals surface area contributed by atoms with Crippen LogP contribution in [0.15, 0.2) is 59.7 Å². The lowest BCUT2D eigenvalue weighted by molar-refractivity contribution is -0.140. The van der Waals surface area contributed by atoms with Gasteiger partial charge < -0.3 is 14.8 Å². The van der Waals surface area contributed by atoms with Gasteiger partial charge in [0.1, 0.15) is 5.75 Å². The van der Waals surface area contributed by atoms with Gasteiger partial charge in [0.25, 0.3) is 5.91 Å². The molecular weight excluding hydrogens is 388 g/mol. The van der Waals surface area contributed by atoms with Crippen molar-refractivity contribution in [2.75, 3.05) is 19.0 Å². The van der Waals surface area contributed by atoms with Crippen molar-refractivity contribution in [3.63, 3.8) is 0 Å². The summed E-state index contributed by atoms with van der Waals surface area (Å²) < 4.78 is 10.2. The van der Waals surface area contributed by atoms with Crippen LogP contribution in [0.25, 0.3) is 5.57 Å². The quantitative estimate of drug-likeness (QED) is 0.751. The molecule has 4 rings (SSSR count). The van der Waals surface area contributed by atoms with E-state index in [0.29, 0.717) is 24.3 Å². The van der Waals surface area contributed by atoms with Crippen LogP contribution in [0.1, 0.15) is 29.2 Å². The maximum absolute atomic E-state index is 11.7. The van der Waals surface area contributed by atoms with Gasteiger partial charge in [-0.1, -0.05) is 48.2 Å². The zero-order valence-electron chi connectivity index (χ0n) is 15.9. The standard InChI is InChI=1S/C22H20N2O4S/c1-27-21(26)10-9-20-23-12-16(22(29-20)14-5-3-2-4-6-14)15-7-8-18-17(11-15)24-19(25)13-28-18/h2-8,11-12,22H,9-10,13H2,1H3,(H,24,25). The number of hydrogen-bond acceptors (Lipinski definition) is 6. The Balaban J connectivity index is 1.67. The molecular formula is C22H20N2O4S. The number of hydrogen-bond donors (Lipinski definition) is 1. The van der Waals surface area contributed by atoms with Crippen LogP contribution in [-0.4, -0.2) is 30.6 Å². The Hall–Kier alpha value is -3.06. The zero-order valence-corrected chi connectivity index (χ0v) is 16.7. The number of amides is 1. The predicted molar refractivity (Wildman–Crippen MR) is 114 cm³/mol. The van der Waals surface area contributed by atoms with Gasteiger partial charge >= 0.3 is 5.97 Å². The first-order valence-electron chi connectivity index (χ1n) is 9.26. The number of thioether (sulfide) groups is 1. The zero-order chi connectivity index (χ0) is 20.2. The second-order valence-electron chi connectivity index (χ2n) is 6.64. The molecule has 2 aromatic rings. The van der Waals surface area contributed by atoms with Crippen molar-refractivity contribution in [1.82, 2.24) is 0 Å². The smallest absolute Gasteiger partial charge is 0.305 e. The van der Waals surface area contributed by atoms with Crippen LogP contribution >= 0.6 is 11.8 Å². The molecule has 29 heavy (non-hydrogen) atoms. The molecule has 6 nitrogen and oxygen atoms in total. The van der Waals surface area contributed by atoms with E-state index in [1.165, 1.54) is 7.11 Å². The molecule has 0 radical (unpaired) electrons. The summed E-state index contributed by atoms with van der Waals surface area (Å²) in [5.74, 6) is 0.255. The van der Waals surface area contributed by atoms with Crippen LogP contribution in [0.3, 0.4) is 0 Å². The van der Waals surface area contributed by atoms with Crippen molar-refractivity contribution in [1.29, 1.82) is 0 Å².